The number of hydrogen-bond donors (Lipinski definition) is 0. The molecule has 1 nitrogen and oxygen atoms in total. The summed E-state index contributed by atoms with van der Waals surface area (Å²) < 4.78 is 37.5. The highest BCUT2D eigenvalue weighted by molar-refractivity contribution is 6.29. The van der Waals surface area contributed by atoms with Crippen molar-refractivity contribution in [3.8, 4) is 11.3 Å². The van der Waals surface area contributed by atoms with E-state index >= 15 is 0 Å². The van der Waals surface area contributed by atoms with Crippen LogP contribution in [-0.2, 0) is 6.18 Å². The highest BCUT2D eigenvalue weighted by Gasteiger charge is 2.30. The minimum absolute atomic E-state index is 0.250. The normalized spacial score (nSPS) is 11.5. The molecule has 0 amide bonds. The van der Waals surface area contributed by atoms with E-state index in [2.05, 4.69) is 4.98 Å². The zero-order valence-electron chi connectivity index (χ0n) is 8.50. The molecular formula is C12H7ClF3N. The van der Waals surface area contributed by atoms with E-state index in [0.29, 0.717) is 11.3 Å². The van der Waals surface area contributed by atoms with Crippen LogP contribution in [-0.4, -0.2) is 4.98 Å². The maximum Gasteiger partial charge on any atom is 0.416 e. The molecule has 0 saturated heterocycles. The molecule has 0 saturated carbocycles. The average molecular weight is 258 g/mol. The van der Waals surface area contributed by atoms with Crippen LogP contribution in [0.2, 0.25) is 5.15 Å². The maximum absolute atomic E-state index is 12.5. The zero-order valence-corrected chi connectivity index (χ0v) is 9.26. The van der Waals surface area contributed by atoms with Gasteiger partial charge in [-0.3, -0.25) is 0 Å². The molecule has 1 aromatic carbocycles. The third-order valence-corrected chi connectivity index (χ3v) is 2.41. The van der Waals surface area contributed by atoms with Crippen LogP contribution in [0, 0.1) is 0 Å². The molecule has 5 heteroatoms. The highest BCUT2D eigenvalue weighted by Crippen LogP contribution is 2.31. The lowest BCUT2D eigenvalue weighted by molar-refractivity contribution is -0.137. The van der Waals surface area contributed by atoms with Crippen LogP contribution in [0.15, 0.2) is 42.5 Å². The molecule has 2 rings (SSSR count). The Morgan fingerprint density at radius 3 is 2.35 bits per heavy atom. The zero-order chi connectivity index (χ0) is 12.5. The van der Waals surface area contributed by atoms with Crippen LogP contribution in [0.3, 0.4) is 0 Å². The molecule has 0 N–H and O–H groups in total. The molecule has 0 unspecified atom stereocenters. The molecule has 0 fully saturated rings. The first kappa shape index (κ1) is 11.9. The average Bonchev–Trinajstić information content (AvgIpc) is 2.28. The lowest BCUT2D eigenvalue weighted by Crippen LogP contribution is -2.04. The first-order valence-corrected chi connectivity index (χ1v) is 5.15. The van der Waals surface area contributed by atoms with E-state index in [0.717, 1.165) is 12.1 Å². The summed E-state index contributed by atoms with van der Waals surface area (Å²) in [5.41, 5.74) is 0.114. The summed E-state index contributed by atoms with van der Waals surface area (Å²) >= 11 is 5.69. The summed E-state index contributed by atoms with van der Waals surface area (Å²) in [5, 5.41) is 0.250. The van der Waals surface area contributed by atoms with E-state index in [1.165, 1.54) is 6.07 Å². The molecule has 0 aliphatic heterocycles. The summed E-state index contributed by atoms with van der Waals surface area (Å²) in [4.78, 5) is 3.96. The second-order valence-corrected chi connectivity index (χ2v) is 3.81. The maximum atomic E-state index is 12.5. The number of benzene rings is 1. The van der Waals surface area contributed by atoms with Gasteiger partial charge in [-0.15, -0.1) is 0 Å². The van der Waals surface area contributed by atoms with Gasteiger partial charge in [0.1, 0.15) is 5.15 Å². The number of rotatable bonds is 1. The van der Waals surface area contributed by atoms with Gasteiger partial charge in [0.25, 0.3) is 0 Å². The Morgan fingerprint density at radius 2 is 1.71 bits per heavy atom. The summed E-state index contributed by atoms with van der Waals surface area (Å²) in [6.45, 7) is 0. The van der Waals surface area contributed by atoms with Gasteiger partial charge in [0.15, 0.2) is 0 Å². The SMILES string of the molecule is FC(F)(F)c1cccc(-c2cccc(Cl)n2)c1. The van der Waals surface area contributed by atoms with Crippen LogP contribution in [0.5, 0.6) is 0 Å². The van der Waals surface area contributed by atoms with Crippen molar-refractivity contribution in [1.29, 1.82) is 0 Å². The molecular weight excluding hydrogens is 251 g/mol. The van der Waals surface area contributed by atoms with Crippen LogP contribution < -0.4 is 0 Å². The second-order valence-electron chi connectivity index (χ2n) is 3.42. The van der Waals surface area contributed by atoms with E-state index in [4.69, 9.17) is 11.6 Å². The number of nitrogens with zero attached hydrogens (tertiary/aromatic N) is 1. The van der Waals surface area contributed by atoms with Gasteiger partial charge in [-0.05, 0) is 24.3 Å². The Balaban J connectivity index is 2.47. The van der Waals surface area contributed by atoms with Crippen molar-refractivity contribution in [1.82, 2.24) is 4.98 Å². The standard InChI is InChI=1S/C12H7ClF3N/c13-11-6-2-5-10(17-11)8-3-1-4-9(7-8)12(14,15)16/h1-7H. The number of halogens is 4. The molecule has 0 aliphatic carbocycles. The van der Waals surface area contributed by atoms with Gasteiger partial charge in [-0.25, -0.2) is 4.98 Å². The molecule has 2 aromatic rings. The molecule has 0 spiro atoms. The largest absolute Gasteiger partial charge is 0.416 e. The third kappa shape index (κ3) is 2.77. The van der Waals surface area contributed by atoms with E-state index in [1.807, 2.05) is 0 Å². The Kier molecular flexibility index (Phi) is 3.07. The van der Waals surface area contributed by atoms with Gasteiger partial charge < -0.3 is 0 Å². The minimum Gasteiger partial charge on any atom is -0.236 e. The van der Waals surface area contributed by atoms with Gasteiger partial charge in [-0.2, -0.15) is 13.2 Å². The van der Waals surface area contributed by atoms with Crippen LogP contribution in [0.1, 0.15) is 5.56 Å². The van der Waals surface area contributed by atoms with Gasteiger partial charge in [0.2, 0.25) is 0 Å². The smallest absolute Gasteiger partial charge is 0.236 e. The molecule has 1 heterocycles. The first-order chi connectivity index (χ1) is 7.97. The highest BCUT2D eigenvalue weighted by atomic mass is 35.5. The predicted octanol–water partition coefficient (Wildman–Crippen LogP) is 4.42. The molecule has 1 aromatic heterocycles. The Bertz CT molecular complexity index is 537. The topological polar surface area (TPSA) is 12.9 Å². The number of aromatic nitrogens is 1. The fourth-order valence-electron chi connectivity index (χ4n) is 1.42. The Hall–Kier alpha value is -1.55. The Labute approximate surface area is 101 Å². The van der Waals surface area contributed by atoms with Crippen molar-refractivity contribution in [2.75, 3.05) is 0 Å². The quantitative estimate of drug-likeness (QED) is 0.689. The molecule has 88 valence electrons. The Morgan fingerprint density at radius 1 is 1.00 bits per heavy atom. The van der Waals surface area contributed by atoms with Gasteiger partial charge in [-0.1, -0.05) is 29.8 Å². The van der Waals surface area contributed by atoms with Crippen LogP contribution in [0.4, 0.5) is 13.2 Å². The van der Waals surface area contributed by atoms with Crippen molar-refractivity contribution in [2.24, 2.45) is 0 Å². The van der Waals surface area contributed by atoms with Gasteiger partial charge in [0.05, 0.1) is 11.3 Å². The van der Waals surface area contributed by atoms with E-state index in [9.17, 15) is 13.2 Å². The fourth-order valence-corrected chi connectivity index (χ4v) is 1.59. The van der Waals surface area contributed by atoms with E-state index in [-0.39, 0.29) is 5.15 Å². The number of pyridine rings is 1. The van der Waals surface area contributed by atoms with Crippen molar-refractivity contribution >= 4 is 11.6 Å². The first-order valence-electron chi connectivity index (χ1n) is 4.77. The third-order valence-electron chi connectivity index (χ3n) is 2.20. The second kappa shape index (κ2) is 4.37. The summed E-state index contributed by atoms with van der Waals surface area (Å²) in [7, 11) is 0. The minimum atomic E-state index is -4.35. The van der Waals surface area contributed by atoms with E-state index in [1.54, 1.807) is 24.3 Å². The van der Waals surface area contributed by atoms with Gasteiger partial charge >= 0.3 is 6.18 Å². The summed E-state index contributed by atoms with van der Waals surface area (Å²) in [6, 6.07) is 9.81. The monoisotopic (exact) mass is 257 g/mol. The lowest BCUT2D eigenvalue weighted by Gasteiger charge is -2.08. The van der Waals surface area contributed by atoms with E-state index < -0.39 is 11.7 Å². The van der Waals surface area contributed by atoms with Crippen LogP contribution in [0.25, 0.3) is 11.3 Å². The fraction of sp³-hybridized carbons (Fsp3) is 0.0833. The van der Waals surface area contributed by atoms with Crippen molar-refractivity contribution in [3.05, 3.63) is 53.2 Å². The number of alkyl halides is 3. The molecule has 0 bridgehead atoms. The molecule has 0 atom stereocenters. The number of hydrogen-bond acceptors (Lipinski definition) is 1. The molecule has 0 radical (unpaired) electrons. The lowest BCUT2D eigenvalue weighted by atomic mass is 10.1. The molecule has 0 aliphatic rings. The van der Waals surface area contributed by atoms with Gasteiger partial charge in [0, 0.05) is 5.56 Å². The summed E-state index contributed by atoms with van der Waals surface area (Å²) in [6.07, 6.45) is -4.35. The van der Waals surface area contributed by atoms with Crippen LogP contribution >= 0.6 is 11.6 Å². The summed E-state index contributed by atoms with van der Waals surface area (Å²) in [5.74, 6) is 0. The van der Waals surface area contributed by atoms with Crippen molar-refractivity contribution in [2.45, 2.75) is 6.18 Å². The molecule has 17 heavy (non-hydrogen) atoms. The van der Waals surface area contributed by atoms with Crippen molar-refractivity contribution < 1.29 is 13.2 Å². The predicted molar refractivity (Wildman–Crippen MR) is 59.7 cm³/mol. The van der Waals surface area contributed by atoms with Crippen molar-refractivity contribution in [3.63, 3.8) is 0 Å².